The molecule has 1 amide bonds. The molecule has 0 fully saturated rings. The number of carbonyl (C=O) groups is 1. The first-order valence-corrected chi connectivity index (χ1v) is 11.3. The van der Waals surface area contributed by atoms with Crippen molar-refractivity contribution in [3.05, 3.63) is 77.0 Å². The first kappa shape index (κ1) is 22.4. The fourth-order valence-electron chi connectivity index (χ4n) is 3.83. The highest BCUT2D eigenvalue weighted by atomic mass is 16.5. The van der Waals surface area contributed by atoms with Crippen LogP contribution >= 0.6 is 0 Å². The zero-order valence-corrected chi connectivity index (χ0v) is 19.0. The summed E-state index contributed by atoms with van der Waals surface area (Å²) in [7, 11) is 0. The van der Waals surface area contributed by atoms with E-state index in [0.717, 1.165) is 23.9 Å². The zero-order valence-electron chi connectivity index (χ0n) is 19.0. The van der Waals surface area contributed by atoms with Crippen LogP contribution in [0.1, 0.15) is 26.7 Å². The Kier molecular flexibility index (Phi) is 6.93. The number of hydrogen-bond donors (Lipinski definition) is 1. The number of nitrogens with one attached hydrogen (secondary N) is 1. The lowest BCUT2D eigenvalue weighted by Crippen LogP contribution is -2.21. The fourth-order valence-corrected chi connectivity index (χ4v) is 3.83. The number of rotatable bonds is 9. The van der Waals surface area contributed by atoms with Gasteiger partial charge in [-0.15, -0.1) is 0 Å². The van der Waals surface area contributed by atoms with E-state index in [1.165, 1.54) is 0 Å². The van der Waals surface area contributed by atoms with Gasteiger partial charge in [0.25, 0.3) is 0 Å². The molecule has 1 N–H and O–H groups in total. The first-order valence-electron chi connectivity index (χ1n) is 11.3. The van der Waals surface area contributed by atoms with E-state index >= 15 is 0 Å². The highest BCUT2D eigenvalue weighted by Gasteiger charge is 2.14. The molecule has 0 saturated heterocycles. The molecule has 33 heavy (non-hydrogen) atoms. The number of hydrogen-bond acceptors (Lipinski definition) is 4. The molecule has 3 aromatic carbocycles. The summed E-state index contributed by atoms with van der Waals surface area (Å²) in [6.07, 6.45) is 1.77. The second-order valence-corrected chi connectivity index (χ2v) is 7.86. The smallest absolute Gasteiger partial charge is 0.244 e. The number of carbonyl (C=O) groups excluding carboxylic acids is 1. The summed E-state index contributed by atoms with van der Waals surface area (Å²) in [6.45, 7) is 5.32. The number of nitrogens with zero attached hydrogens (tertiary/aromatic N) is 1. The first-order chi connectivity index (χ1) is 16.1. The average Bonchev–Trinajstić information content (AvgIpc) is 2.84. The van der Waals surface area contributed by atoms with Gasteiger partial charge < -0.3 is 19.4 Å². The molecular formula is C27H28N2O4. The van der Waals surface area contributed by atoms with Gasteiger partial charge in [-0.25, -0.2) is 0 Å². The van der Waals surface area contributed by atoms with Crippen molar-refractivity contribution in [3.8, 4) is 11.5 Å². The molecular weight excluding hydrogens is 416 g/mol. The summed E-state index contributed by atoms with van der Waals surface area (Å²) in [5.74, 6) is 1.08. The molecule has 0 aliphatic carbocycles. The Morgan fingerprint density at radius 1 is 0.818 bits per heavy atom. The topological polar surface area (TPSA) is 69.6 Å². The van der Waals surface area contributed by atoms with Gasteiger partial charge in [0.2, 0.25) is 5.91 Å². The Morgan fingerprint density at radius 3 is 2.00 bits per heavy atom. The van der Waals surface area contributed by atoms with Crippen LogP contribution in [0, 0.1) is 0 Å². The van der Waals surface area contributed by atoms with Crippen LogP contribution in [0.15, 0.2) is 71.5 Å². The summed E-state index contributed by atoms with van der Waals surface area (Å²) in [5.41, 5.74) is 2.06. The van der Waals surface area contributed by atoms with Crippen LogP contribution in [0.5, 0.6) is 11.5 Å². The van der Waals surface area contributed by atoms with Crippen molar-refractivity contribution in [2.24, 2.45) is 0 Å². The molecule has 170 valence electrons. The molecule has 1 heterocycles. The van der Waals surface area contributed by atoms with E-state index in [9.17, 15) is 9.59 Å². The predicted octanol–water partition coefficient (Wildman–Crippen LogP) is 5.37. The molecule has 0 aliphatic heterocycles. The minimum atomic E-state index is -0.197. The SMILES string of the molecule is CCCOc1ccc(NC(=O)Cn2c3ccccc3c(=O)c3ccccc32)cc1OCCC. The van der Waals surface area contributed by atoms with E-state index < -0.39 is 0 Å². The van der Waals surface area contributed by atoms with Crippen LogP contribution in [0.4, 0.5) is 5.69 Å². The molecule has 4 aromatic rings. The fraction of sp³-hybridized carbons (Fsp3) is 0.259. The Morgan fingerprint density at radius 2 is 1.39 bits per heavy atom. The van der Waals surface area contributed by atoms with Gasteiger partial charge >= 0.3 is 0 Å². The number of aromatic nitrogens is 1. The number of para-hydroxylation sites is 2. The van der Waals surface area contributed by atoms with Gasteiger partial charge in [0.1, 0.15) is 6.54 Å². The molecule has 0 unspecified atom stereocenters. The average molecular weight is 445 g/mol. The van der Waals surface area contributed by atoms with Crippen molar-refractivity contribution in [3.63, 3.8) is 0 Å². The maximum atomic E-state index is 13.1. The van der Waals surface area contributed by atoms with Gasteiger partial charge in [0.05, 0.1) is 24.2 Å². The number of amides is 1. The summed E-state index contributed by atoms with van der Waals surface area (Å²) in [5, 5.41) is 4.15. The molecule has 1 aromatic heterocycles. The van der Waals surface area contributed by atoms with E-state index in [-0.39, 0.29) is 17.9 Å². The molecule has 0 spiro atoms. The summed E-state index contributed by atoms with van der Waals surface area (Å²) in [6, 6.07) is 20.2. The Bertz CT molecular complexity index is 1280. The summed E-state index contributed by atoms with van der Waals surface area (Å²) in [4.78, 5) is 26.0. The molecule has 0 radical (unpaired) electrons. The number of fused-ring (bicyclic) bond motifs is 2. The van der Waals surface area contributed by atoms with Crippen LogP contribution in [0.2, 0.25) is 0 Å². The van der Waals surface area contributed by atoms with Crippen molar-refractivity contribution in [2.45, 2.75) is 33.2 Å². The lowest BCUT2D eigenvalue weighted by atomic mass is 10.1. The maximum Gasteiger partial charge on any atom is 0.244 e. The maximum absolute atomic E-state index is 13.1. The Labute approximate surface area is 192 Å². The number of pyridine rings is 1. The third kappa shape index (κ3) is 4.85. The Hall–Kier alpha value is -3.80. The van der Waals surface area contributed by atoms with Crippen LogP contribution in [-0.4, -0.2) is 23.7 Å². The standard InChI is InChI=1S/C27H28N2O4/c1-3-15-32-24-14-13-19(17-25(24)33-16-4-2)28-26(30)18-29-22-11-7-5-9-20(22)27(31)21-10-6-8-12-23(21)29/h5-14,17H,3-4,15-16,18H2,1-2H3,(H,28,30). The van der Waals surface area contributed by atoms with Gasteiger partial charge in [0, 0.05) is 22.5 Å². The highest BCUT2D eigenvalue weighted by molar-refractivity contribution is 5.97. The minimum absolute atomic E-state index is 0.0294. The molecule has 6 heteroatoms. The quantitative estimate of drug-likeness (QED) is 0.352. The third-order valence-electron chi connectivity index (χ3n) is 5.33. The lowest BCUT2D eigenvalue weighted by molar-refractivity contribution is -0.116. The summed E-state index contributed by atoms with van der Waals surface area (Å²) < 4.78 is 13.5. The number of ether oxygens (including phenoxy) is 2. The molecule has 0 saturated carbocycles. The second-order valence-electron chi connectivity index (χ2n) is 7.86. The predicted molar refractivity (Wildman–Crippen MR) is 132 cm³/mol. The van der Waals surface area contributed by atoms with Crippen molar-refractivity contribution >= 4 is 33.4 Å². The van der Waals surface area contributed by atoms with Gasteiger partial charge in [-0.3, -0.25) is 9.59 Å². The zero-order chi connectivity index (χ0) is 23.2. The normalized spacial score (nSPS) is 11.0. The van der Waals surface area contributed by atoms with Crippen molar-refractivity contribution in [2.75, 3.05) is 18.5 Å². The minimum Gasteiger partial charge on any atom is -0.490 e. The molecule has 0 atom stereocenters. The van der Waals surface area contributed by atoms with E-state index in [2.05, 4.69) is 5.32 Å². The van der Waals surface area contributed by atoms with Gasteiger partial charge in [-0.1, -0.05) is 38.1 Å². The van der Waals surface area contributed by atoms with Crippen LogP contribution < -0.4 is 20.2 Å². The van der Waals surface area contributed by atoms with E-state index in [0.29, 0.717) is 41.2 Å². The lowest BCUT2D eigenvalue weighted by Gasteiger charge is -2.16. The van der Waals surface area contributed by atoms with Crippen molar-refractivity contribution in [1.29, 1.82) is 0 Å². The van der Waals surface area contributed by atoms with Crippen LogP contribution in [0.25, 0.3) is 21.8 Å². The van der Waals surface area contributed by atoms with Crippen molar-refractivity contribution < 1.29 is 14.3 Å². The highest BCUT2D eigenvalue weighted by Crippen LogP contribution is 2.31. The summed E-state index contributed by atoms with van der Waals surface area (Å²) >= 11 is 0. The van der Waals surface area contributed by atoms with E-state index in [1.807, 2.05) is 66.9 Å². The van der Waals surface area contributed by atoms with E-state index in [1.54, 1.807) is 18.2 Å². The van der Waals surface area contributed by atoms with Crippen molar-refractivity contribution in [1.82, 2.24) is 4.57 Å². The monoisotopic (exact) mass is 444 g/mol. The number of anilines is 1. The molecule has 4 rings (SSSR count). The van der Waals surface area contributed by atoms with Crippen LogP contribution in [0.3, 0.4) is 0 Å². The third-order valence-corrected chi connectivity index (χ3v) is 5.33. The van der Waals surface area contributed by atoms with E-state index in [4.69, 9.17) is 9.47 Å². The Balaban J connectivity index is 1.64. The largest absolute Gasteiger partial charge is 0.490 e. The van der Waals surface area contributed by atoms with Gasteiger partial charge in [0.15, 0.2) is 16.9 Å². The second kappa shape index (κ2) is 10.2. The van der Waals surface area contributed by atoms with Gasteiger partial charge in [-0.2, -0.15) is 0 Å². The molecule has 0 bridgehead atoms. The number of benzene rings is 3. The van der Waals surface area contributed by atoms with Crippen LogP contribution in [-0.2, 0) is 11.3 Å². The molecule has 0 aliphatic rings. The molecule has 6 nitrogen and oxygen atoms in total. The van der Waals surface area contributed by atoms with Gasteiger partial charge in [-0.05, 0) is 49.2 Å².